The number of aryl methyl sites for hydroxylation is 1. The minimum absolute atomic E-state index is 0.479. The zero-order chi connectivity index (χ0) is 12.5. The van der Waals surface area contributed by atoms with E-state index >= 15 is 0 Å². The van der Waals surface area contributed by atoms with E-state index in [9.17, 15) is 0 Å². The highest BCUT2D eigenvalue weighted by Gasteiger charge is 2.07. The molecule has 0 atom stereocenters. The molecule has 3 nitrogen and oxygen atoms in total. The molecule has 0 aliphatic heterocycles. The lowest BCUT2D eigenvalue weighted by atomic mass is 10.1. The first kappa shape index (κ1) is 11.2. The van der Waals surface area contributed by atoms with Crippen molar-refractivity contribution in [3.8, 4) is 11.3 Å². The van der Waals surface area contributed by atoms with Gasteiger partial charge in [0.05, 0.1) is 5.39 Å². The van der Waals surface area contributed by atoms with Gasteiger partial charge in [0.2, 0.25) is 0 Å². The van der Waals surface area contributed by atoms with Crippen LogP contribution in [0.4, 0.5) is 0 Å². The van der Waals surface area contributed by atoms with Gasteiger partial charge >= 0.3 is 0 Å². The molecule has 4 heteroatoms. The number of nitrogens with zero attached hydrogens (tertiary/aromatic N) is 2. The number of H-pyrrole nitrogens is 1. The Kier molecular flexibility index (Phi) is 2.76. The highest BCUT2D eigenvalue weighted by atomic mass is 35.5. The van der Waals surface area contributed by atoms with Gasteiger partial charge in [-0.1, -0.05) is 42.8 Å². The van der Waals surface area contributed by atoms with Crippen LogP contribution in [0.2, 0.25) is 5.15 Å². The number of benzene rings is 1. The molecule has 2 aromatic heterocycles. The van der Waals surface area contributed by atoms with Crippen LogP contribution in [0.5, 0.6) is 0 Å². The second kappa shape index (κ2) is 4.42. The molecule has 0 saturated carbocycles. The Morgan fingerprint density at radius 1 is 1.17 bits per heavy atom. The maximum Gasteiger partial charge on any atom is 0.142 e. The number of aromatic amines is 1. The zero-order valence-electron chi connectivity index (χ0n) is 9.94. The quantitative estimate of drug-likeness (QED) is 0.709. The second-order valence-corrected chi connectivity index (χ2v) is 4.52. The van der Waals surface area contributed by atoms with Crippen LogP contribution < -0.4 is 0 Å². The van der Waals surface area contributed by atoms with Crippen molar-refractivity contribution < 1.29 is 0 Å². The fraction of sp³-hybridized carbons (Fsp3) is 0.143. The molecule has 0 fully saturated rings. The Hall–Kier alpha value is -1.87. The van der Waals surface area contributed by atoms with E-state index in [0.717, 1.165) is 28.7 Å². The lowest BCUT2D eigenvalue weighted by molar-refractivity contribution is 1.14. The summed E-state index contributed by atoms with van der Waals surface area (Å²) in [5, 5.41) is 1.33. The zero-order valence-corrected chi connectivity index (χ0v) is 10.7. The van der Waals surface area contributed by atoms with Gasteiger partial charge < -0.3 is 4.98 Å². The topological polar surface area (TPSA) is 41.6 Å². The molecular weight excluding hydrogens is 246 g/mol. The lowest BCUT2D eigenvalue weighted by Crippen LogP contribution is -1.82. The second-order valence-electron chi connectivity index (χ2n) is 4.16. The molecule has 0 saturated heterocycles. The summed E-state index contributed by atoms with van der Waals surface area (Å²) in [5.41, 5.74) is 4.23. The fourth-order valence-electron chi connectivity index (χ4n) is 1.99. The summed E-state index contributed by atoms with van der Waals surface area (Å²) in [6.07, 6.45) is 2.51. The van der Waals surface area contributed by atoms with Gasteiger partial charge in [-0.25, -0.2) is 9.97 Å². The smallest absolute Gasteiger partial charge is 0.142 e. The van der Waals surface area contributed by atoms with Gasteiger partial charge in [0, 0.05) is 5.69 Å². The number of aromatic nitrogens is 3. The van der Waals surface area contributed by atoms with Crippen molar-refractivity contribution in [1.29, 1.82) is 0 Å². The van der Waals surface area contributed by atoms with E-state index in [0.29, 0.717) is 5.15 Å². The third-order valence-corrected chi connectivity index (χ3v) is 3.35. The van der Waals surface area contributed by atoms with Crippen LogP contribution in [-0.4, -0.2) is 15.0 Å². The molecular formula is C14H12ClN3. The molecule has 0 amide bonds. The highest BCUT2D eigenvalue weighted by Crippen LogP contribution is 2.26. The van der Waals surface area contributed by atoms with Crippen LogP contribution in [0, 0.1) is 0 Å². The van der Waals surface area contributed by atoms with Crippen molar-refractivity contribution >= 4 is 22.6 Å². The summed E-state index contributed by atoms with van der Waals surface area (Å²) < 4.78 is 0. The largest absolute Gasteiger partial charge is 0.339 e. The molecule has 0 aliphatic rings. The van der Waals surface area contributed by atoms with Crippen LogP contribution >= 0.6 is 11.6 Å². The van der Waals surface area contributed by atoms with Crippen molar-refractivity contribution in [2.45, 2.75) is 13.3 Å². The van der Waals surface area contributed by atoms with Crippen molar-refractivity contribution in [3.63, 3.8) is 0 Å². The van der Waals surface area contributed by atoms with Crippen molar-refractivity contribution in [1.82, 2.24) is 15.0 Å². The summed E-state index contributed by atoms with van der Waals surface area (Å²) in [6.45, 7) is 2.15. The Morgan fingerprint density at radius 3 is 2.61 bits per heavy atom. The minimum Gasteiger partial charge on any atom is -0.339 e. The summed E-state index contributed by atoms with van der Waals surface area (Å²) in [7, 11) is 0. The summed E-state index contributed by atoms with van der Waals surface area (Å²) in [6, 6.07) is 10.5. The molecule has 3 rings (SSSR count). The number of hydrogen-bond acceptors (Lipinski definition) is 2. The Balaban J connectivity index is 2.10. The molecule has 0 aliphatic carbocycles. The van der Waals surface area contributed by atoms with E-state index in [1.807, 2.05) is 6.07 Å². The number of halogens is 1. The maximum absolute atomic E-state index is 6.03. The standard InChI is InChI=1S/C14H12ClN3/c1-2-9-3-5-10(6-4-9)12-7-11-13(15)16-8-17-14(11)18-12/h3-8H,2H2,1H3,(H,16,17,18). The SMILES string of the molecule is CCc1ccc(-c2cc3c(Cl)ncnc3[nH]2)cc1. The molecule has 2 heterocycles. The third-order valence-electron chi connectivity index (χ3n) is 3.05. The first-order valence-corrected chi connectivity index (χ1v) is 6.24. The van der Waals surface area contributed by atoms with E-state index in [4.69, 9.17) is 11.6 Å². The number of hydrogen-bond donors (Lipinski definition) is 1. The predicted molar refractivity (Wildman–Crippen MR) is 73.7 cm³/mol. The normalized spacial score (nSPS) is 11.0. The first-order valence-electron chi connectivity index (χ1n) is 5.86. The van der Waals surface area contributed by atoms with E-state index in [-0.39, 0.29) is 0 Å². The average Bonchev–Trinajstić information content (AvgIpc) is 2.84. The molecule has 0 radical (unpaired) electrons. The van der Waals surface area contributed by atoms with Crippen LogP contribution in [0.3, 0.4) is 0 Å². The van der Waals surface area contributed by atoms with E-state index in [1.54, 1.807) is 0 Å². The van der Waals surface area contributed by atoms with Crippen molar-refractivity contribution in [2.24, 2.45) is 0 Å². The van der Waals surface area contributed by atoms with Crippen LogP contribution in [0.1, 0.15) is 12.5 Å². The number of nitrogens with one attached hydrogen (secondary N) is 1. The molecule has 0 unspecified atom stereocenters. The van der Waals surface area contributed by atoms with Gasteiger partial charge in [-0.05, 0) is 23.6 Å². The van der Waals surface area contributed by atoms with Gasteiger partial charge in [-0.15, -0.1) is 0 Å². The molecule has 18 heavy (non-hydrogen) atoms. The van der Waals surface area contributed by atoms with Crippen molar-refractivity contribution in [2.75, 3.05) is 0 Å². The molecule has 90 valence electrons. The third kappa shape index (κ3) is 1.87. The van der Waals surface area contributed by atoms with E-state index in [1.165, 1.54) is 11.9 Å². The highest BCUT2D eigenvalue weighted by molar-refractivity contribution is 6.34. The number of fused-ring (bicyclic) bond motifs is 1. The van der Waals surface area contributed by atoms with E-state index < -0.39 is 0 Å². The van der Waals surface area contributed by atoms with E-state index in [2.05, 4.69) is 46.1 Å². The lowest BCUT2D eigenvalue weighted by Gasteiger charge is -1.99. The van der Waals surface area contributed by atoms with Gasteiger partial charge in [0.1, 0.15) is 17.1 Å². The Labute approximate surface area is 110 Å². The maximum atomic E-state index is 6.03. The van der Waals surface area contributed by atoms with Gasteiger partial charge in [-0.2, -0.15) is 0 Å². The predicted octanol–water partition coefficient (Wildman–Crippen LogP) is 3.84. The Bertz CT molecular complexity index is 686. The van der Waals surface area contributed by atoms with Gasteiger partial charge in [-0.3, -0.25) is 0 Å². The first-order chi connectivity index (χ1) is 8.78. The van der Waals surface area contributed by atoms with Crippen molar-refractivity contribution in [3.05, 3.63) is 47.4 Å². The summed E-state index contributed by atoms with van der Waals surface area (Å²) in [4.78, 5) is 11.4. The minimum atomic E-state index is 0.479. The van der Waals surface area contributed by atoms with Crippen LogP contribution in [0.15, 0.2) is 36.7 Å². The molecule has 1 N–H and O–H groups in total. The molecule has 3 aromatic rings. The monoisotopic (exact) mass is 257 g/mol. The molecule has 1 aromatic carbocycles. The number of rotatable bonds is 2. The fourth-order valence-corrected chi connectivity index (χ4v) is 2.17. The van der Waals surface area contributed by atoms with Crippen LogP contribution in [-0.2, 0) is 6.42 Å². The molecule has 0 bridgehead atoms. The average molecular weight is 258 g/mol. The summed E-state index contributed by atoms with van der Waals surface area (Å²) >= 11 is 6.03. The summed E-state index contributed by atoms with van der Waals surface area (Å²) in [5.74, 6) is 0. The van der Waals surface area contributed by atoms with Crippen LogP contribution in [0.25, 0.3) is 22.3 Å². The molecule has 0 spiro atoms. The Morgan fingerprint density at radius 2 is 1.94 bits per heavy atom. The van der Waals surface area contributed by atoms with Gasteiger partial charge in [0.15, 0.2) is 0 Å². The van der Waals surface area contributed by atoms with Gasteiger partial charge in [0.25, 0.3) is 0 Å².